The Hall–Kier alpha value is -2.31. The molecule has 0 aromatic heterocycles. The van der Waals surface area contributed by atoms with Gasteiger partial charge in [-0.1, -0.05) is 67.4 Å². The second kappa shape index (κ2) is 10.5. The SMILES string of the molecule is CCCCC1S/C(=N/N=C/c2ccc(Cl)cc2)N(Cc2ccc(OC)cc2)C1=O. The Labute approximate surface area is 180 Å². The molecule has 152 valence electrons. The largest absolute Gasteiger partial charge is 0.497 e. The van der Waals surface area contributed by atoms with Crippen molar-refractivity contribution in [2.45, 2.75) is 38.0 Å². The fourth-order valence-electron chi connectivity index (χ4n) is 2.91. The first kappa shape index (κ1) is 21.4. The maximum Gasteiger partial charge on any atom is 0.242 e. The first-order valence-electron chi connectivity index (χ1n) is 9.58. The van der Waals surface area contributed by atoms with E-state index in [-0.39, 0.29) is 11.2 Å². The van der Waals surface area contributed by atoms with E-state index in [1.165, 1.54) is 11.8 Å². The molecule has 1 fully saturated rings. The van der Waals surface area contributed by atoms with Crippen LogP contribution in [0.15, 0.2) is 58.7 Å². The van der Waals surface area contributed by atoms with Gasteiger partial charge in [0, 0.05) is 5.02 Å². The van der Waals surface area contributed by atoms with Crippen LogP contribution in [0.5, 0.6) is 5.75 Å². The highest BCUT2D eigenvalue weighted by molar-refractivity contribution is 8.15. The lowest BCUT2D eigenvalue weighted by Crippen LogP contribution is -2.31. The molecule has 1 unspecified atom stereocenters. The summed E-state index contributed by atoms with van der Waals surface area (Å²) in [6.45, 7) is 2.60. The number of benzene rings is 2. The van der Waals surface area contributed by atoms with E-state index in [4.69, 9.17) is 16.3 Å². The van der Waals surface area contributed by atoms with Crippen LogP contribution in [0.1, 0.15) is 37.3 Å². The number of carbonyl (C=O) groups is 1. The minimum absolute atomic E-state index is 0.0970. The van der Waals surface area contributed by atoms with Crippen LogP contribution >= 0.6 is 23.4 Å². The van der Waals surface area contributed by atoms with Gasteiger partial charge in [0.2, 0.25) is 5.91 Å². The summed E-state index contributed by atoms with van der Waals surface area (Å²) in [6, 6.07) is 15.1. The summed E-state index contributed by atoms with van der Waals surface area (Å²) in [7, 11) is 1.64. The zero-order valence-corrected chi connectivity index (χ0v) is 18.1. The molecule has 1 aliphatic heterocycles. The average molecular weight is 430 g/mol. The van der Waals surface area contributed by atoms with Gasteiger partial charge in [0.1, 0.15) is 5.75 Å². The number of unbranched alkanes of at least 4 members (excludes halogenated alkanes) is 1. The van der Waals surface area contributed by atoms with Crippen LogP contribution < -0.4 is 4.74 Å². The Morgan fingerprint density at radius 2 is 1.90 bits per heavy atom. The van der Waals surface area contributed by atoms with Crippen molar-refractivity contribution in [2.75, 3.05) is 7.11 Å². The monoisotopic (exact) mass is 429 g/mol. The fraction of sp³-hybridized carbons (Fsp3) is 0.318. The Balaban J connectivity index is 1.78. The molecule has 1 amide bonds. The van der Waals surface area contributed by atoms with Gasteiger partial charge in [-0.3, -0.25) is 9.69 Å². The van der Waals surface area contributed by atoms with E-state index >= 15 is 0 Å². The van der Waals surface area contributed by atoms with Crippen molar-refractivity contribution in [1.82, 2.24) is 4.90 Å². The summed E-state index contributed by atoms with van der Waals surface area (Å²) >= 11 is 7.41. The topological polar surface area (TPSA) is 54.3 Å². The van der Waals surface area contributed by atoms with E-state index in [1.807, 2.05) is 36.4 Å². The van der Waals surface area contributed by atoms with Crippen molar-refractivity contribution in [3.8, 4) is 5.75 Å². The van der Waals surface area contributed by atoms with Crippen LogP contribution in [0.4, 0.5) is 0 Å². The number of amidine groups is 1. The van der Waals surface area contributed by atoms with Gasteiger partial charge in [0.25, 0.3) is 0 Å². The zero-order chi connectivity index (χ0) is 20.6. The van der Waals surface area contributed by atoms with Gasteiger partial charge < -0.3 is 4.74 Å². The molecule has 0 aliphatic carbocycles. The number of amides is 1. The van der Waals surface area contributed by atoms with Crippen molar-refractivity contribution in [1.29, 1.82) is 0 Å². The van der Waals surface area contributed by atoms with Gasteiger partial charge >= 0.3 is 0 Å². The molecule has 0 spiro atoms. The molecule has 0 N–H and O–H groups in total. The molecular formula is C22H24ClN3O2S. The standard InChI is InChI=1S/C22H24ClN3O2S/c1-3-4-5-20-21(27)26(15-17-8-12-19(28-2)13-9-17)22(29-20)25-24-14-16-6-10-18(23)11-7-16/h6-14,20H,3-5,15H2,1-2H3/b24-14+,25-22+. The third-order valence-electron chi connectivity index (χ3n) is 4.56. The quantitative estimate of drug-likeness (QED) is 0.418. The van der Waals surface area contributed by atoms with Crippen molar-refractivity contribution < 1.29 is 9.53 Å². The zero-order valence-electron chi connectivity index (χ0n) is 16.5. The first-order valence-corrected chi connectivity index (χ1v) is 10.8. The van der Waals surface area contributed by atoms with Crippen LogP contribution in [0.25, 0.3) is 0 Å². The van der Waals surface area contributed by atoms with Gasteiger partial charge in [-0.15, -0.1) is 5.10 Å². The minimum atomic E-state index is -0.0994. The Morgan fingerprint density at radius 3 is 2.55 bits per heavy atom. The Kier molecular flexibility index (Phi) is 7.72. The molecule has 29 heavy (non-hydrogen) atoms. The van der Waals surface area contributed by atoms with Crippen LogP contribution in [-0.4, -0.2) is 34.5 Å². The van der Waals surface area contributed by atoms with E-state index in [2.05, 4.69) is 17.1 Å². The average Bonchev–Trinajstić information content (AvgIpc) is 3.03. The smallest absolute Gasteiger partial charge is 0.242 e. The van der Waals surface area contributed by atoms with Gasteiger partial charge in [-0.2, -0.15) is 5.10 Å². The molecule has 1 atom stereocenters. The highest BCUT2D eigenvalue weighted by Gasteiger charge is 2.37. The Bertz CT molecular complexity index is 882. The lowest BCUT2D eigenvalue weighted by Gasteiger charge is -2.16. The number of thioether (sulfide) groups is 1. The summed E-state index contributed by atoms with van der Waals surface area (Å²) in [4.78, 5) is 14.7. The number of hydrogen-bond donors (Lipinski definition) is 0. The van der Waals surface area contributed by atoms with E-state index in [0.717, 1.165) is 36.1 Å². The summed E-state index contributed by atoms with van der Waals surface area (Å²) in [6.07, 6.45) is 4.59. The fourth-order valence-corrected chi connectivity index (χ4v) is 4.18. The second-order valence-corrected chi connectivity index (χ2v) is 8.31. The van der Waals surface area contributed by atoms with E-state index in [0.29, 0.717) is 16.7 Å². The van der Waals surface area contributed by atoms with Crippen LogP contribution in [0, 0.1) is 0 Å². The van der Waals surface area contributed by atoms with Crippen LogP contribution in [0.3, 0.4) is 0 Å². The maximum atomic E-state index is 13.0. The third-order valence-corrected chi connectivity index (χ3v) is 6.05. The van der Waals surface area contributed by atoms with Crippen molar-refractivity contribution in [3.05, 3.63) is 64.7 Å². The van der Waals surface area contributed by atoms with Crippen molar-refractivity contribution in [3.63, 3.8) is 0 Å². The molecule has 0 saturated carbocycles. The first-order chi connectivity index (χ1) is 14.1. The summed E-state index contributed by atoms with van der Waals surface area (Å²) in [5.41, 5.74) is 1.92. The van der Waals surface area contributed by atoms with E-state index < -0.39 is 0 Å². The predicted octanol–water partition coefficient (Wildman–Crippen LogP) is 5.37. The molecule has 2 aromatic rings. The molecule has 3 rings (SSSR count). The third kappa shape index (κ3) is 5.84. The van der Waals surface area contributed by atoms with Crippen molar-refractivity contribution >= 4 is 40.7 Å². The molecule has 5 nitrogen and oxygen atoms in total. The molecule has 0 bridgehead atoms. The summed E-state index contributed by atoms with van der Waals surface area (Å²) in [5, 5.41) is 9.78. The lowest BCUT2D eigenvalue weighted by molar-refractivity contribution is -0.126. The van der Waals surface area contributed by atoms with Gasteiger partial charge in [-0.25, -0.2) is 0 Å². The van der Waals surface area contributed by atoms with Crippen LogP contribution in [-0.2, 0) is 11.3 Å². The highest BCUT2D eigenvalue weighted by atomic mass is 35.5. The summed E-state index contributed by atoms with van der Waals surface area (Å²) < 4.78 is 5.21. The van der Waals surface area contributed by atoms with Gasteiger partial charge in [0.05, 0.1) is 25.1 Å². The molecule has 0 radical (unpaired) electrons. The Morgan fingerprint density at radius 1 is 1.17 bits per heavy atom. The highest BCUT2D eigenvalue weighted by Crippen LogP contribution is 2.32. The molecule has 7 heteroatoms. The van der Waals surface area contributed by atoms with Crippen molar-refractivity contribution in [2.24, 2.45) is 10.2 Å². The molecule has 1 saturated heterocycles. The molecule has 2 aromatic carbocycles. The van der Waals surface area contributed by atoms with E-state index in [9.17, 15) is 4.79 Å². The predicted molar refractivity (Wildman–Crippen MR) is 121 cm³/mol. The van der Waals surface area contributed by atoms with Crippen LogP contribution in [0.2, 0.25) is 5.02 Å². The number of methoxy groups -OCH3 is 1. The molecule has 1 heterocycles. The number of halogens is 1. The number of ether oxygens (including phenoxy) is 1. The number of rotatable bonds is 8. The molecular weight excluding hydrogens is 406 g/mol. The maximum absolute atomic E-state index is 13.0. The van der Waals surface area contributed by atoms with E-state index in [1.54, 1.807) is 30.4 Å². The normalized spacial score (nSPS) is 18.2. The van der Waals surface area contributed by atoms with Gasteiger partial charge in [0.15, 0.2) is 5.17 Å². The number of nitrogens with zero attached hydrogens (tertiary/aromatic N) is 3. The second-order valence-electron chi connectivity index (χ2n) is 6.70. The minimum Gasteiger partial charge on any atom is -0.497 e. The number of hydrogen-bond acceptors (Lipinski definition) is 5. The molecule has 1 aliphatic rings. The number of carbonyl (C=O) groups excluding carboxylic acids is 1. The van der Waals surface area contributed by atoms with Gasteiger partial charge in [-0.05, 0) is 41.8 Å². The lowest BCUT2D eigenvalue weighted by atomic mass is 10.1. The summed E-state index contributed by atoms with van der Waals surface area (Å²) in [5.74, 6) is 0.887.